The number of nitrogens with zero attached hydrogens (tertiary/aromatic N) is 2. The predicted octanol–water partition coefficient (Wildman–Crippen LogP) is 1.48. The Bertz CT molecular complexity index is 622. The quantitative estimate of drug-likeness (QED) is 0.838. The van der Waals surface area contributed by atoms with Crippen LogP contribution in [0.25, 0.3) is 0 Å². The van der Waals surface area contributed by atoms with Gasteiger partial charge < -0.3 is 10.0 Å². The Kier molecular flexibility index (Phi) is 4.93. The third-order valence-corrected chi connectivity index (χ3v) is 3.53. The average Bonchev–Trinajstić information content (AvgIpc) is 3.09. The first-order valence-electron chi connectivity index (χ1n) is 6.12. The summed E-state index contributed by atoms with van der Waals surface area (Å²) in [6.07, 6.45) is 3.57. The number of H-pyrrole nitrogens is 1. The summed E-state index contributed by atoms with van der Waals surface area (Å²) in [7, 11) is 1.76. The van der Waals surface area contributed by atoms with Gasteiger partial charge in [0.25, 0.3) is 5.91 Å². The van der Waals surface area contributed by atoms with Crippen LogP contribution in [-0.4, -0.2) is 39.8 Å². The second kappa shape index (κ2) is 6.89. The van der Waals surface area contributed by atoms with E-state index in [1.807, 2.05) is 11.4 Å². The Labute approximate surface area is 121 Å². The molecule has 0 fully saturated rings. The summed E-state index contributed by atoms with van der Waals surface area (Å²) in [5, 5.41) is 17.0. The number of thiophene rings is 1. The molecule has 2 aromatic rings. The maximum absolute atomic E-state index is 12.0. The van der Waals surface area contributed by atoms with Crippen LogP contribution in [0.4, 0.5) is 0 Å². The third kappa shape index (κ3) is 3.70. The smallest absolute Gasteiger partial charge is 0.257 e. The number of hydrogen-bond acceptors (Lipinski definition) is 4. The topological polar surface area (TPSA) is 69.2 Å². The minimum Gasteiger partial charge on any atom is -0.395 e. The normalized spacial score (nSPS) is 9.90. The van der Waals surface area contributed by atoms with Gasteiger partial charge >= 0.3 is 0 Å². The maximum Gasteiger partial charge on any atom is 0.257 e. The van der Waals surface area contributed by atoms with E-state index in [2.05, 4.69) is 22.0 Å². The predicted molar refractivity (Wildman–Crippen MR) is 77.3 cm³/mol. The number of nitrogens with one attached hydrogen (secondary N) is 1. The van der Waals surface area contributed by atoms with Crippen molar-refractivity contribution in [1.82, 2.24) is 15.1 Å². The lowest BCUT2D eigenvalue weighted by atomic mass is 10.2. The van der Waals surface area contributed by atoms with E-state index >= 15 is 0 Å². The molecule has 0 aliphatic rings. The Morgan fingerprint density at radius 3 is 3.15 bits per heavy atom. The van der Waals surface area contributed by atoms with E-state index in [0.717, 1.165) is 10.4 Å². The van der Waals surface area contributed by atoms with Gasteiger partial charge in [-0.05, 0) is 6.07 Å². The van der Waals surface area contributed by atoms with Gasteiger partial charge in [0.15, 0.2) is 0 Å². The lowest BCUT2D eigenvalue weighted by Crippen LogP contribution is -2.25. The fraction of sp³-hybridized carbons (Fsp3) is 0.286. The molecule has 2 heterocycles. The monoisotopic (exact) mass is 289 g/mol. The number of aliphatic hydroxyl groups is 1. The van der Waals surface area contributed by atoms with Crippen LogP contribution in [0.2, 0.25) is 0 Å². The summed E-state index contributed by atoms with van der Waals surface area (Å²) in [5.74, 6) is 5.79. The molecule has 0 atom stereocenters. The van der Waals surface area contributed by atoms with Gasteiger partial charge in [0.1, 0.15) is 0 Å². The number of carbonyl (C=O) groups is 1. The first-order chi connectivity index (χ1) is 9.70. The highest BCUT2D eigenvalue weighted by Crippen LogP contribution is 2.16. The number of hydrogen-bond donors (Lipinski definition) is 2. The summed E-state index contributed by atoms with van der Waals surface area (Å²) in [6, 6.07) is 1.97. The molecule has 6 heteroatoms. The standard InChI is InChI=1S/C14H15N3O2S/c1-17(14(19)12-7-15-16-8-12)9-13-6-11(10-20-13)4-2-3-5-18/h6-8,10,18H,3,5,9H2,1H3,(H,15,16). The molecule has 2 rings (SSSR count). The highest BCUT2D eigenvalue weighted by Gasteiger charge is 2.13. The first-order valence-corrected chi connectivity index (χ1v) is 7.00. The van der Waals surface area contributed by atoms with Crippen molar-refractivity contribution in [3.63, 3.8) is 0 Å². The van der Waals surface area contributed by atoms with Crippen LogP contribution >= 0.6 is 11.3 Å². The molecule has 0 aliphatic carbocycles. The Hall–Kier alpha value is -2.10. The molecule has 1 amide bonds. The van der Waals surface area contributed by atoms with Crippen molar-refractivity contribution in [2.45, 2.75) is 13.0 Å². The van der Waals surface area contributed by atoms with Gasteiger partial charge in [-0.1, -0.05) is 11.8 Å². The molecule has 5 nitrogen and oxygen atoms in total. The van der Waals surface area contributed by atoms with Gasteiger partial charge in [0.2, 0.25) is 0 Å². The minimum absolute atomic E-state index is 0.0694. The van der Waals surface area contributed by atoms with E-state index < -0.39 is 0 Å². The van der Waals surface area contributed by atoms with Crippen molar-refractivity contribution >= 4 is 17.2 Å². The Morgan fingerprint density at radius 2 is 2.45 bits per heavy atom. The molecule has 20 heavy (non-hydrogen) atoms. The zero-order valence-corrected chi connectivity index (χ0v) is 11.9. The lowest BCUT2D eigenvalue weighted by molar-refractivity contribution is 0.0786. The first kappa shape index (κ1) is 14.3. The van der Waals surface area contributed by atoms with Gasteiger partial charge in [0.05, 0.1) is 24.9 Å². The van der Waals surface area contributed by atoms with E-state index in [1.165, 1.54) is 6.20 Å². The molecule has 2 aromatic heterocycles. The molecular formula is C14H15N3O2S. The van der Waals surface area contributed by atoms with Crippen LogP contribution < -0.4 is 0 Å². The molecule has 0 bridgehead atoms. The average molecular weight is 289 g/mol. The number of rotatable bonds is 4. The number of carbonyl (C=O) groups excluding carboxylic acids is 1. The zero-order chi connectivity index (χ0) is 14.4. The van der Waals surface area contributed by atoms with Crippen LogP contribution in [0.3, 0.4) is 0 Å². The van der Waals surface area contributed by atoms with Crippen LogP contribution in [0.1, 0.15) is 27.2 Å². The maximum atomic E-state index is 12.0. The highest BCUT2D eigenvalue weighted by atomic mass is 32.1. The van der Waals surface area contributed by atoms with Crippen molar-refractivity contribution in [3.8, 4) is 11.8 Å². The van der Waals surface area contributed by atoms with E-state index in [1.54, 1.807) is 29.5 Å². The Balaban J connectivity index is 1.97. The second-order valence-electron chi connectivity index (χ2n) is 4.23. The molecule has 0 aromatic carbocycles. The van der Waals surface area contributed by atoms with Crippen LogP contribution in [-0.2, 0) is 6.54 Å². The van der Waals surface area contributed by atoms with E-state index in [4.69, 9.17) is 5.11 Å². The summed E-state index contributed by atoms with van der Waals surface area (Å²) in [6.45, 7) is 0.613. The minimum atomic E-state index is -0.0694. The number of aromatic amines is 1. The van der Waals surface area contributed by atoms with E-state index in [0.29, 0.717) is 18.5 Å². The molecule has 104 valence electrons. The fourth-order valence-corrected chi connectivity index (χ4v) is 2.51. The van der Waals surface area contributed by atoms with Crippen LogP contribution in [0.15, 0.2) is 23.8 Å². The summed E-state index contributed by atoms with van der Waals surface area (Å²) in [4.78, 5) is 14.8. The largest absolute Gasteiger partial charge is 0.395 e. The van der Waals surface area contributed by atoms with Crippen molar-refractivity contribution in [1.29, 1.82) is 0 Å². The van der Waals surface area contributed by atoms with Gasteiger partial charge in [-0.2, -0.15) is 5.10 Å². The molecule has 0 aliphatic heterocycles. The van der Waals surface area contributed by atoms with Gasteiger partial charge in [-0.3, -0.25) is 9.89 Å². The number of amides is 1. The highest BCUT2D eigenvalue weighted by molar-refractivity contribution is 7.10. The van der Waals surface area contributed by atoms with Crippen LogP contribution in [0.5, 0.6) is 0 Å². The third-order valence-electron chi connectivity index (χ3n) is 2.61. The molecule has 0 saturated heterocycles. The lowest BCUT2D eigenvalue weighted by Gasteiger charge is -2.14. The molecule has 0 spiro atoms. The molecule has 0 radical (unpaired) electrons. The molecule has 0 saturated carbocycles. The molecule has 0 unspecified atom stereocenters. The molecule has 2 N–H and O–H groups in total. The van der Waals surface area contributed by atoms with E-state index in [9.17, 15) is 4.79 Å². The van der Waals surface area contributed by atoms with Crippen molar-refractivity contribution in [3.05, 3.63) is 39.8 Å². The fourth-order valence-electron chi connectivity index (χ4n) is 1.64. The second-order valence-corrected chi connectivity index (χ2v) is 5.22. The van der Waals surface area contributed by atoms with E-state index in [-0.39, 0.29) is 12.5 Å². The van der Waals surface area contributed by atoms with Crippen molar-refractivity contribution in [2.75, 3.05) is 13.7 Å². The Morgan fingerprint density at radius 1 is 1.60 bits per heavy atom. The van der Waals surface area contributed by atoms with Gasteiger partial charge in [0, 0.05) is 35.5 Å². The summed E-state index contributed by atoms with van der Waals surface area (Å²) in [5.41, 5.74) is 1.47. The SMILES string of the molecule is CN(Cc1cc(C#CCCO)cs1)C(=O)c1cn[nH]c1. The van der Waals surface area contributed by atoms with Crippen LogP contribution in [0, 0.1) is 11.8 Å². The zero-order valence-electron chi connectivity index (χ0n) is 11.1. The number of aliphatic hydroxyl groups excluding tert-OH is 1. The van der Waals surface area contributed by atoms with Crippen molar-refractivity contribution < 1.29 is 9.90 Å². The van der Waals surface area contributed by atoms with Gasteiger partial charge in [-0.25, -0.2) is 0 Å². The number of aromatic nitrogens is 2. The summed E-state index contributed by atoms with van der Waals surface area (Å²) >= 11 is 1.57. The van der Waals surface area contributed by atoms with Crippen molar-refractivity contribution in [2.24, 2.45) is 0 Å². The molecular weight excluding hydrogens is 274 g/mol. The van der Waals surface area contributed by atoms with Gasteiger partial charge in [-0.15, -0.1) is 11.3 Å². The summed E-state index contributed by atoms with van der Waals surface area (Å²) < 4.78 is 0.